The molecule has 2 N–H and O–H groups in total. The van der Waals surface area contributed by atoms with E-state index < -0.39 is 11.8 Å². The van der Waals surface area contributed by atoms with E-state index >= 15 is 0 Å². The van der Waals surface area contributed by atoms with Crippen molar-refractivity contribution in [2.75, 3.05) is 26.4 Å². The fourth-order valence-electron chi connectivity index (χ4n) is 2.04. The molecule has 150 valence electrons. The van der Waals surface area contributed by atoms with Crippen molar-refractivity contribution in [2.24, 2.45) is 0 Å². The normalized spacial score (nSPS) is 10.2. The van der Waals surface area contributed by atoms with Crippen molar-refractivity contribution in [1.29, 1.82) is 0 Å². The fourth-order valence-corrected chi connectivity index (χ4v) is 2.50. The van der Waals surface area contributed by atoms with E-state index in [1.165, 1.54) is 6.07 Å². The largest absolute Gasteiger partial charge is 0.491 e. The summed E-state index contributed by atoms with van der Waals surface area (Å²) in [6, 6.07) is 11.1. The van der Waals surface area contributed by atoms with E-state index in [4.69, 9.17) is 37.4 Å². The maximum absolute atomic E-state index is 12.1. The molecule has 0 aliphatic rings. The maximum atomic E-state index is 12.1. The fraction of sp³-hybridized carbons (Fsp3) is 0.263. The molecule has 0 bridgehead atoms. The van der Waals surface area contributed by atoms with Crippen LogP contribution < -0.4 is 20.3 Å². The molecule has 2 amide bonds. The Morgan fingerprint density at radius 1 is 0.964 bits per heavy atom. The van der Waals surface area contributed by atoms with Crippen molar-refractivity contribution in [1.82, 2.24) is 10.9 Å². The van der Waals surface area contributed by atoms with Crippen LogP contribution in [0.15, 0.2) is 42.5 Å². The van der Waals surface area contributed by atoms with Gasteiger partial charge in [-0.1, -0.05) is 23.2 Å². The van der Waals surface area contributed by atoms with Crippen LogP contribution in [-0.2, 0) is 9.53 Å². The van der Waals surface area contributed by atoms with E-state index in [0.717, 1.165) is 0 Å². The number of amides is 2. The van der Waals surface area contributed by atoms with Gasteiger partial charge in [0.25, 0.3) is 11.8 Å². The molecule has 28 heavy (non-hydrogen) atoms. The summed E-state index contributed by atoms with van der Waals surface area (Å²) in [4.78, 5) is 23.9. The van der Waals surface area contributed by atoms with Gasteiger partial charge in [-0.05, 0) is 49.4 Å². The van der Waals surface area contributed by atoms with Gasteiger partial charge in [-0.2, -0.15) is 0 Å². The van der Waals surface area contributed by atoms with E-state index in [1.807, 2.05) is 6.92 Å². The minimum Gasteiger partial charge on any atom is -0.491 e. The van der Waals surface area contributed by atoms with Gasteiger partial charge in [0.2, 0.25) is 0 Å². The predicted molar refractivity (Wildman–Crippen MR) is 106 cm³/mol. The molecular formula is C19H20Cl2N2O5. The summed E-state index contributed by atoms with van der Waals surface area (Å²) in [5, 5.41) is 0.743. The average molecular weight is 427 g/mol. The Labute approximate surface area is 172 Å². The van der Waals surface area contributed by atoms with Crippen molar-refractivity contribution in [3.63, 3.8) is 0 Å². The van der Waals surface area contributed by atoms with Gasteiger partial charge in [-0.15, -0.1) is 0 Å². The summed E-state index contributed by atoms with van der Waals surface area (Å²) in [7, 11) is 0. The van der Waals surface area contributed by atoms with Crippen LogP contribution >= 0.6 is 23.2 Å². The molecule has 7 nitrogen and oxygen atoms in total. The van der Waals surface area contributed by atoms with Gasteiger partial charge in [-0.3, -0.25) is 20.4 Å². The van der Waals surface area contributed by atoms with E-state index in [1.54, 1.807) is 36.4 Å². The smallest absolute Gasteiger partial charge is 0.276 e. The zero-order valence-corrected chi connectivity index (χ0v) is 16.7. The first-order chi connectivity index (χ1) is 13.5. The van der Waals surface area contributed by atoms with Crippen LogP contribution in [0.25, 0.3) is 0 Å². The molecule has 0 aromatic heterocycles. The standard InChI is InChI=1S/C19H20Cl2N2O5/c1-2-26-9-10-27-15-6-3-13(4-7-15)19(25)23-22-18(24)12-28-17-8-5-14(20)11-16(17)21/h3-8,11H,2,9-10,12H2,1H3,(H,22,24)(H,23,25). The zero-order valence-electron chi connectivity index (χ0n) is 15.2. The molecule has 0 saturated heterocycles. The Morgan fingerprint density at radius 3 is 2.39 bits per heavy atom. The molecule has 0 spiro atoms. The van der Waals surface area contributed by atoms with Gasteiger partial charge in [0.05, 0.1) is 11.6 Å². The summed E-state index contributed by atoms with van der Waals surface area (Å²) < 4.78 is 15.9. The lowest BCUT2D eigenvalue weighted by Gasteiger charge is -2.10. The minimum atomic E-state index is -0.546. The molecule has 0 radical (unpaired) electrons. The number of benzene rings is 2. The summed E-state index contributed by atoms with van der Waals surface area (Å²) in [6.45, 7) is 3.13. The molecule has 0 unspecified atom stereocenters. The summed E-state index contributed by atoms with van der Waals surface area (Å²) in [6.07, 6.45) is 0. The van der Waals surface area contributed by atoms with Crippen LogP contribution in [-0.4, -0.2) is 38.2 Å². The van der Waals surface area contributed by atoms with Crippen LogP contribution in [0.1, 0.15) is 17.3 Å². The Hall–Kier alpha value is -2.48. The van der Waals surface area contributed by atoms with Gasteiger partial charge >= 0.3 is 0 Å². The molecule has 0 heterocycles. The predicted octanol–water partition coefficient (Wildman–Crippen LogP) is 3.25. The van der Waals surface area contributed by atoms with Gasteiger partial charge in [-0.25, -0.2) is 0 Å². The van der Waals surface area contributed by atoms with Gasteiger partial charge in [0.1, 0.15) is 18.1 Å². The van der Waals surface area contributed by atoms with Crippen LogP contribution in [0.4, 0.5) is 0 Å². The Morgan fingerprint density at radius 2 is 1.71 bits per heavy atom. The second-order valence-corrected chi connectivity index (χ2v) is 6.28. The highest BCUT2D eigenvalue weighted by molar-refractivity contribution is 6.35. The van der Waals surface area contributed by atoms with Gasteiger partial charge < -0.3 is 14.2 Å². The molecule has 2 aromatic rings. The average Bonchev–Trinajstić information content (AvgIpc) is 2.69. The van der Waals surface area contributed by atoms with Gasteiger partial charge in [0, 0.05) is 17.2 Å². The second-order valence-electron chi connectivity index (χ2n) is 5.44. The molecule has 0 saturated carbocycles. The topological polar surface area (TPSA) is 85.9 Å². The third-order valence-electron chi connectivity index (χ3n) is 3.39. The van der Waals surface area contributed by atoms with Crippen LogP contribution in [0, 0.1) is 0 Å². The van der Waals surface area contributed by atoms with Gasteiger partial charge in [0.15, 0.2) is 6.61 Å². The summed E-state index contributed by atoms with van der Waals surface area (Å²) >= 11 is 11.7. The SMILES string of the molecule is CCOCCOc1ccc(C(=O)NNC(=O)COc2ccc(Cl)cc2Cl)cc1. The van der Waals surface area contributed by atoms with E-state index in [0.29, 0.717) is 41.9 Å². The first kappa shape index (κ1) is 21.8. The monoisotopic (exact) mass is 426 g/mol. The number of carbonyl (C=O) groups excluding carboxylic acids is 2. The Kier molecular flexibility index (Phi) is 8.87. The molecule has 0 atom stereocenters. The number of nitrogens with one attached hydrogen (secondary N) is 2. The number of hydrazine groups is 1. The van der Waals surface area contributed by atoms with Crippen molar-refractivity contribution >= 4 is 35.0 Å². The number of halogens is 2. The third-order valence-corrected chi connectivity index (χ3v) is 3.92. The molecule has 2 rings (SSSR count). The highest BCUT2D eigenvalue weighted by Gasteiger charge is 2.09. The highest BCUT2D eigenvalue weighted by Crippen LogP contribution is 2.27. The van der Waals surface area contributed by atoms with Crippen LogP contribution in [0.3, 0.4) is 0 Å². The number of hydrogen-bond acceptors (Lipinski definition) is 5. The lowest BCUT2D eigenvalue weighted by molar-refractivity contribution is -0.123. The first-order valence-electron chi connectivity index (χ1n) is 8.47. The minimum absolute atomic E-state index is 0.285. The molecular weight excluding hydrogens is 407 g/mol. The lowest BCUT2D eigenvalue weighted by Crippen LogP contribution is -2.43. The number of hydrogen-bond donors (Lipinski definition) is 2. The molecule has 0 aliphatic carbocycles. The van der Waals surface area contributed by atoms with Crippen molar-refractivity contribution in [2.45, 2.75) is 6.92 Å². The van der Waals surface area contributed by atoms with Crippen molar-refractivity contribution in [3.8, 4) is 11.5 Å². The second kappa shape index (κ2) is 11.4. The summed E-state index contributed by atoms with van der Waals surface area (Å²) in [5.41, 5.74) is 4.93. The van der Waals surface area contributed by atoms with E-state index in [2.05, 4.69) is 10.9 Å². The number of carbonyl (C=O) groups is 2. The van der Waals surface area contributed by atoms with Crippen molar-refractivity contribution < 1.29 is 23.8 Å². The number of ether oxygens (including phenoxy) is 3. The quantitative estimate of drug-likeness (QED) is 0.474. The number of rotatable bonds is 9. The maximum Gasteiger partial charge on any atom is 0.276 e. The Balaban J connectivity index is 1.74. The van der Waals surface area contributed by atoms with Crippen LogP contribution in [0.2, 0.25) is 10.0 Å². The van der Waals surface area contributed by atoms with Crippen LogP contribution in [0.5, 0.6) is 11.5 Å². The Bertz CT molecular complexity index is 799. The lowest BCUT2D eigenvalue weighted by atomic mass is 10.2. The van der Waals surface area contributed by atoms with E-state index in [-0.39, 0.29) is 11.6 Å². The third kappa shape index (κ3) is 7.26. The zero-order chi connectivity index (χ0) is 20.4. The summed E-state index contributed by atoms with van der Waals surface area (Å²) in [5.74, 6) is -0.0880. The first-order valence-corrected chi connectivity index (χ1v) is 9.23. The van der Waals surface area contributed by atoms with E-state index in [9.17, 15) is 9.59 Å². The molecule has 0 aliphatic heterocycles. The van der Waals surface area contributed by atoms with Crippen molar-refractivity contribution in [3.05, 3.63) is 58.1 Å². The highest BCUT2D eigenvalue weighted by atomic mass is 35.5. The molecule has 0 fully saturated rings. The molecule has 9 heteroatoms. The molecule has 2 aromatic carbocycles.